The number of methoxy groups -OCH3 is 1. The van der Waals surface area contributed by atoms with E-state index in [-0.39, 0.29) is 6.61 Å². The Labute approximate surface area is 106 Å². The highest BCUT2D eigenvalue weighted by Crippen LogP contribution is 2.21. The van der Waals surface area contributed by atoms with Crippen molar-refractivity contribution in [2.24, 2.45) is 0 Å². The fourth-order valence-corrected chi connectivity index (χ4v) is 1.70. The number of benzene rings is 1. The summed E-state index contributed by atoms with van der Waals surface area (Å²) in [7, 11) is 3.52. The molecule has 1 aromatic heterocycles. The molecule has 1 heterocycles. The zero-order valence-corrected chi connectivity index (χ0v) is 10.5. The molecule has 0 bridgehead atoms. The van der Waals surface area contributed by atoms with Gasteiger partial charge in [-0.2, -0.15) is 4.98 Å². The smallest absolute Gasteiger partial charge is 0.297 e. The van der Waals surface area contributed by atoms with E-state index in [2.05, 4.69) is 4.98 Å². The first-order chi connectivity index (χ1) is 8.74. The number of aromatic nitrogens is 1. The van der Waals surface area contributed by atoms with Crippen LogP contribution in [0.2, 0.25) is 0 Å². The topological polar surface area (TPSA) is 58.7 Å². The van der Waals surface area contributed by atoms with Gasteiger partial charge in [-0.15, -0.1) is 0 Å². The number of para-hydroxylation sites is 1. The summed E-state index contributed by atoms with van der Waals surface area (Å²) in [5.41, 5.74) is 1.57. The summed E-state index contributed by atoms with van der Waals surface area (Å²) in [5, 5.41) is 8.94. The molecule has 2 rings (SSSR count). The number of aliphatic hydroxyl groups excluding tert-OH is 1. The lowest BCUT2D eigenvalue weighted by Crippen LogP contribution is -2.17. The SMILES string of the molecule is COc1ccccc1CN(C)c1nc(CO)co1. The summed E-state index contributed by atoms with van der Waals surface area (Å²) < 4.78 is 10.6. The summed E-state index contributed by atoms with van der Waals surface area (Å²) in [6.45, 7) is 0.501. The minimum Gasteiger partial charge on any atom is -0.496 e. The van der Waals surface area contributed by atoms with Crippen molar-refractivity contribution in [3.63, 3.8) is 0 Å². The number of hydrogen-bond donors (Lipinski definition) is 1. The number of hydrogen-bond acceptors (Lipinski definition) is 5. The predicted octanol–water partition coefficient (Wildman–Crippen LogP) is 1.81. The Morgan fingerprint density at radius 3 is 2.83 bits per heavy atom. The molecule has 18 heavy (non-hydrogen) atoms. The lowest BCUT2D eigenvalue weighted by atomic mass is 10.2. The molecule has 0 aliphatic carbocycles. The number of anilines is 1. The molecule has 0 saturated heterocycles. The first kappa shape index (κ1) is 12.4. The summed E-state index contributed by atoms with van der Waals surface area (Å²) in [6.07, 6.45) is 1.45. The lowest BCUT2D eigenvalue weighted by molar-refractivity contribution is 0.276. The van der Waals surface area contributed by atoms with Crippen LogP contribution < -0.4 is 9.64 Å². The summed E-state index contributed by atoms with van der Waals surface area (Å²) in [6, 6.07) is 8.27. The molecule has 0 atom stereocenters. The molecule has 0 amide bonds. The van der Waals surface area contributed by atoms with Crippen molar-refractivity contribution in [3.8, 4) is 5.75 Å². The van der Waals surface area contributed by atoms with Gasteiger partial charge in [-0.25, -0.2) is 0 Å². The van der Waals surface area contributed by atoms with Crippen LogP contribution in [-0.4, -0.2) is 24.2 Å². The van der Waals surface area contributed by atoms with E-state index in [1.165, 1.54) is 6.26 Å². The van der Waals surface area contributed by atoms with Gasteiger partial charge in [0.2, 0.25) is 0 Å². The Morgan fingerprint density at radius 1 is 1.39 bits per heavy atom. The number of nitrogens with zero attached hydrogens (tertiary/aromatic N) is 2. The minimum absolute atomic E-state index is 0.119. The second kappa shape index (κ2) is 5.55. The Kier molecular flexibility index (Phi) is 3.84. The van der Waals surface area contributed by atoms with Crippen LogP contribution in [0.1, 0.15) is 11.3 Å². The third-order valence-electron chi connectivity index (χ3n) is 2.63. The van der Waals surface area contributed by atoms with E-state index in [4.69, 9.17) is 14.3 Å². The van der Waals surface area contributed by atoms with Gasteiger partial charge in [0.25, 0.3) is 6.01 Å². The molecular formula is C13H16N2O3. The lowest BCUT2D eigenvalue weighted by Gasteiger charge is -2.16. The zero-order valence-electron chi connectivity index (χ0n) is 10.5. The van der Waals surface area contributed by atoms with Gasteiger partial charge >= 0.3 is 0 Å². The Bertz CT molecular complexity index is 510. The number of aliphatic hydroxyl groups is 1. The molecular weight excluding hydrogens is 232 g/mol. The molecule has 5 heteroatoms. The van der Waals surface area contributed by atoms with Crippen LogP contribution in [0.5, 0.6) is 5.75 Å². The van der Waals surface area contributed by atoms with Gasteiger partial charge in [-0.05, 0) is 6.07 Å². The van der Waals surface area contributed by atoms with E-state index in [0.717, 1.165) is 11.3 Å². The van der Waals surface area contributed by atoms with Crippen LogP contribution in [0.25, 0.3) is 0 Å². The second-order valence-electron chi connectivity index (χ2n) is 3.95. The van der Waals surface area contributed by atoms with Gasteiger partial charge in [0, 0.05) is 12.6 Å². The maximum Gasteiger partial charge on any atom is 0.297 e. The van der Waals surface area contributed by atoms with E-state index in [1.807, 2.05) is 36.2 Å². The number of ether oxygens (including phenoxy) is 1. The molecule has 1 aromatic carbocycles. The summed E-state index contributed by atoms with van der Waals surface area (Å²) in [5.74, 6) is 0.832. The molecule has 1 N–H and O–H groups in total. The Morgan fingerprint density at radius 2 is 2.17 bits per heavy atom. The molecule has 0 fully saturated rings. The minimum atomic E-state index is -0.119. The monoisotopic (exact) mass is 248 g/mol. The molecule has 2 aromatic rings. The summed E-state index contributed by atoms with van der Waals surface area (Å²) in [4.78, 5) is 6.01. The van der Waals surface area contributed by atoms with Crippen molar-refractivity contribution >= 4 is 6.01 Å². The van der Waals surface area contributed by atoms with E-state index < -0.39 is 0 Å². The fourth-order valence-electron chi connectivity index (χ4n) is 1.70. The zero-order chi connectivity index (χ0) is 13.0. The van der Waals surface area contributed by atoms with Crippen LogP contribution in [0.4, 0.5) is 6.01 Å². The molecule has 0 aliphatic heterocycles. The molecule has 0 saturated carbocycles. The third kappa shape index (κ3) is 2.62. The van der Waals surface area contributed by atoms with Crippen LogP contribution in [0.15, 0.2) is 34.9 Å². The average molecular weight is 248 g/mol. The van der Waals surface area contributed by atoms with Crippen molar-refractivity contribution in [3.05, 3.63) is 41.8 Å². The maximum atomic E-state index is 8.94. The molecule has 0 unspecified atom stereocenters. The van der Waals surface area contributed by atoms with Crippen LogP contribution >= 0.6 is 0 Å². The van der Waals surface area contributed by atoms with E-state index in [9.17, 15) is 0 Å². The van der Waals surface area contributed by atoms with Crippen LogP contribution in [-0.2, 0) is 13.2 Å². The quantitative estimate of drug-likeness (QED) is 0.874. The van der Waals surface area contributed by atoms with Gasteiger partial charge in [-0.1, -0.05) is 18.2 Å². The normalized spacial score (nSPS) is 10.4. The third-order valence-corrected chi connectivity index (χ3v) is 2.63. The summed E-state index contributed by atoms with van der Waals surface area (Å²) >= 11 is 0. The number of rotatable bonds is 5. The highest BCUT2D eigenvalue weighted by atomic mass is 16.5. The first-order valence-electron chi connectivity index (χ1n) is 5.63. The number of oxazole rings is 1. The molecule has 5 nitrogen and oxygen atoms in total. The maximum absolute atomic E-state index is 8.94. The van der Waals surface area contributed by atoms with Crippen molar-refractivity contribution in [1.29, 1.82) is 0 Å². The fraction of sp³-hybridized carbons (Fsp3) is 0.308. The van der Waals surface area contributed by atoms with Gasteiger partial charge in [0.05, 0.1) is 20.3 Å². The van der Waals surface area contributed by atoms with Crippen molar-refractivity contribution in [2.45, 2.75) is 13.2 Å². The van der Waals surface area contributed by atoms with Crippen LogP contribution in [0.3, 0.4) is 0 Å². The predicted molar refractivity (Wildman–Crippen MR) is 67.5 cm³/mol. The Balaban J connectivity index is 2.13. The van der Waals surface area contributed by atoms with Crippen molar-refractivity contribution in [1.82, 2.24) is 4.98 Å². The van der Waals surface area contributed by atoms with E-state index >= 15 is 0 Å². The standard InChI is InChI=1S/C13H16N2O3/c1-15(13-14-11(8-16)9-18-13)7-10-5-3-4-6-12(10)17-2/h3-6,9,16H,7-8H2,1-2H3. The molecule has 0 aliphatic rings. The van der Waals surface area contributed by atoms with Crippen molar-refractivity contribution in [2.75, 3.05) is 19.1 Å². The molecule has 0 spiro atoms. The van der Waals surface area contributed by atoms with E-state index in [0.29, 0.717) is 18.3 Å². The van der Waals surface area contributed by atoms with Gasteiger partial charge in [0.15, 0.2) is 0 Å². The van der Waals surface area contributed by atoms with Crippen molar-refractivity contribution < 1.29 is 14.3 Å². The highest BCUT2D eigenvalue weighted by molar-refractivity contribution is 5.37. The molecule has 96 valence electrons. The largest absolute Gasteiger partial charge is 0.496 e. The van der Waals surface area contributed by atoms with Gasteiger partial charge in [0.1, 0.15) is 17.7 Å². The first-order valence-corrected chi connectivity index (χ1v) is 5.63. The molecule has 0 radical (unpaired) electrons. The average Bonchev–Trinajstić information content (AvgIpc) is 2.88. The Hall–Kier alpha value is -2.01. The van der Waals surface area contributed by atoms with Gasteiger partial charge < -0.3 is 19.2 Å². The van der Waals surface area contributed by atoms with E-state index in [1.54, 1.807) is 7.11 Å². The second-order valence-corrected chi connectivity index (χ2v) is 3.95. The highest BCUT2D eigenvalue weighted by Gasteiger charge is 2.11. The van der Waals surface area contributed by atoms with Gasteiger partial charge in [-0.3, -0.25) is 0 Å². The van der Waals surface area contributed by atoms with Crippen LogP contribution in [0, 0.1) is 0 Å².